The first-order valence-corrected chi connectivity index (χ1v) is 9.44. The minimum Gasteiger partial charge on any atom is -0.336 e. The molecule has 0 radical (unpaired) electrons. The van der Waals surface area contributed by atoms with Crippen LogP contribution in [-0.4, -0.2) is 51.3 Å². The molecule has 0 bridgehead atoms. The van der Waals surface area contributed by atoms with Crippen LogP contribution in [0.3, 0.4) is 0 Å². The molecule has 0 unspecified atom stereocenters. The lowest BCUT2D eigenvalue weighted by atomic mass is 10.1. The van der Waals surface area contributed by atoms with Crippen LogP contribution in [0.25, 0.3) is 5.65 Å². The molecule has 27 heavy (non-hydrogen) atoms. The van der Waals surface area contributed by atoms with E-state index in [0.717, 1.165) is 55.2 Å². The molecule has 2 aromatic heterocycles. The van der Waals surface area contributed by atoms with Gasteiger partial charge in [0, 0.05) is 57.2 Å². The second kappa shape index (κ2) is 7.68. The number of amides is 1. The van der Waals surface area contributed by atoms with E-state index in [0.29, 0.717) is 11.6 Å². The normalized spacial score (nSPS) is 15.4. The molecule has 0 atom stereocenters. The Balaban J connectivity index is 1.35. The smallest absolute Gasteiger partial charge is 0.253 e. The first-order chi connectivity index (χ1) is 13.1. The van der Waals surface area contributed by atoms with E-state index in [9.17, 15) is 4.79 Å². The van der Waals surface area contributed by atoms with E-state index in [-0.39, 0.29) is 5.91 Å². The van der Waals surface area contributed by atoms with Gasteiger partial charge in [0.15, 0.2) is 0 Å². The zero-order valence-electron chi connectivity index (χ0n) is 15.0. The number of carbonyl (C=O) groups is 1. The minimum absolute atomic E-state index is 0.0839. The Morgan fingerprint density at radius 3 is 2.48 bits per heavy atom. The summed E-state index contributed by atoms with van der Waals surface area (Å²) in [4.78, 5) is 21.5. The molecular weight excluding hydrogens is 362 g/mol. The molecule has 1 aliphatic heterocycles. The van der Waals surface area contributed by atoms with Gasteiger partial charge in [-0.2, -0.15) is 0 Å². The van der Waals surface area contributed by atoms with Crippen molar-refractivity contribution in [3.63, 3.8) is 0 Å². The molecule has 1 amide bonds. The number of nitrogens with two attached hydrogens (primary N) is 1. The summed E-state index contributed by atoms with van der Waals surface area (Å²) in [5, 5.41) is 0.693. The van der Waals surface area contributed by atoms with Crippen molar-refractivity contribution in [3.8, 4) is 0 Å². The molecule has 0 spiro atoms. The number of hydrogen-bond donors (Lipinski definition) is 1. The first kappa shape index (κ1) is 18.0. The van der Waals surface area contributed by atoms with Crippen LogP contribution >= 0.6 is 11.6 Å². The van der Waals surface area contributed by atoms with Crippen LogP contribution < -0.4 is 5.73 Å². The highest BCUT2D eigenvalue weighted by molar-refractivity contribution is 6.30. The summed E-state index contributed by atoms with van der Waals surface area (Å²) < 4.78 is 1.95. The number of aromatic nitrogens is 2. The molecule has 1 aromatic carbocycles. The highest BCUT2D eigenvalue weighted by Gasteiger charge is 2.22. The van der Waals surface area contributed by atoms with E-state index in [2.05, 4.69) is 9.88 Å². The van der Waals surface area contributed by atoms with Crippen LogP contribution in [0.1, 0.15) is 21.6 Å². The maximum Gasteiger partial charge on any atom is 0.253 e. The van der Waals surface area contributed by atoms with Crippen molar-refractivity contribution in [2.45, 2.75) is 13.1 Å². The standard InChI is InChI=1S/C20H22ClN5O/c21-17-5-6-19-23-18(14-26(19)12-17)13-24-7-9-25(10-8-24)20(27)16-3-1-15(11-22)2-4-16/h1-6,12,14H,7-11,13,22H2. The van der Waals surface area contributed by atoms with Crippen molar-refractivity contribution in [3.05, 3.63) is 70.6 Å². The molecule has 1 fully saturated rings. The third-order valence-electron chi connectivity index (χ3n) is 4.95. The zero-order chi connectivity index (χ0) is 18.8. The van der Waals surface area contributed by atoms with Crippen molar-refractivity contribution < 1.29 is 4.79 Å². The van der Waals surface area contributed by atoms with E-state index >= 15 is 0 Å². The summed E-state index contributed by atoms with van der Waals surface area (Å²) >= 11 is 6.03. The molecule has 6 nitrogen and oxygen atoms in total. The number of benzene rings is 1. The van der Waals surface area contributed by atoms with E-state index < -0.39 is 0 Å². The number of piperazine rings is 1. The van der Waals surface area contributed by atoms with Crippen molar-refractivity contribution in [2.75, 3.05) is 26.2 Å². The number of nitrogens with zero attached hydrogens (tertiary/aromatic N) is 4. The number of carbonyl (C=O) groups excluding carboxylic acids is 1. The lowest BCUT2D eigenvalue weighted by Gasteiger charge is -2.34. The average molecular weight is 384 g/mol. The second-order valence-corrected chi connectivity index (χ2v) is 7.25. The summed E-state index contributed by atoms with van der Waals surface area (Å²) in [6, 6.07) is 11.3. The SMILES string of the molecule is NCc1ccc(C(=O)N2CCN(Cc3cn4cc(Cl)ccc4n3)CC2)cc1. The predicted molar refractivity (Wildman–Crippen MR) is 106 cm³/mol. The van der Waals surface area contributed by atoms with Gasteiger partial charge in [0.05, 0.1) is 10.7 Å². The molecule has 2 N–H and O–H groups in total. The first-order valence-electron chi connectivity index (χ1n) is 9.06. The summed E-state index contributed by atoms with van der Waals surface area (Å²) in [5.41, 5.74) is 9.27. The fourth-order valence-corrected chi connectivity index (χ4v) is 3.57. The average Bonchev–Trinajstić information content (AvgIpc) is 3.09. The van der Waals surface area contributed by atoms with Gasteiger partial charge in [-0.05, 0) is 29.8 Å². The lowest BCUT2D eigenvalue weighted by molar-refractivity contribution is 0.0627. The quantitative estimate of drug-likeness (QED) is 0.751. The molecule has 0 saturated carbocycles. The topological polar surface area (TPSA) is 66.9 Å². The number of imidazole rings is 1. The van der Waals surface area contributed by atoms with Gasteiger partial charge >= 0.3 is 0 Å². The molecule has 3 aromatic rings. The Hall–Kier alpha value is -2.41. The van der Waals surface area contributed by atoms with Gasteiger partial charge in [0.1, 0.15) is 5.65 Å². The molecule has 4 rings (SSSR count). The summed E-state index contributed by atoms with van der Waals surface area (Å²) in [6.07, 6.45) is 3.87. The van der Waals surface area contributed by atoms with E-state index in [1.807, 2.05) is 58.1 Å². The van der Waals surface area contributed by atoms with Gasteiger partial charge in [-0.15, -0.1) is 0 Å². The fourth-order valence-electron chi connectivity index (χ4n) is 3.40. The number of hydrogen-bond acceptors (Lipinski definition) is 4. The van der Waals surface area contributed by atoms with E-state index in [1.165, 1.54) is 0 Å². The van der Waals surface area contributed by atoms with Crippen molar-refractivity contribution in [1.29, 1.82) is 0 Å². The molecular formula is C20H22ClN5O. The van der Waals surface area contributed by atoms with Gasteiger partial charge in [0.25, 0.3) is 5.91 Å². The zero-order valence-corrected chi connectivity index (χ0v) is 15.8. The number of pyridine rings is 1. The minimum atomic E-state index is 0.0839. The van der Waals surface area contributed by atoms with Gasteiger partial charge in [0.2, 0.25) is 0 Å². The highest BCUT2D eigenvalue weighted by Crippen LogP contribution is 2.15. The van der Waals surface area contributed by atoms with Crippen LogP contribution in [0.5, 0.6) is 0 Å². The van der Waals surface area contributed by atoms with E-state index in [1.54, 1.807) is 0 Å². The molecule has 0 aliphatic carbocycles. The molecule has 1 aliphatic rings. The molecule has 1 saturated heterocycles. The monoisotopic (exact) mass is 383 g/mol. The van der Waals surface area contributed by atoms with Crippen LogP contribution in [0, 0.1) is 0 Å². The predicted octanol–water partition coefficient (Wildman–Crippen LogP) is 2.40. The van der Waals surface area contributed by atoms with Crippen LogP contribution in [0.15, 0.2) is 48.8 Å². The summed E-state index contributed by atoms with van der Waals surface area (Å²) in [6.45, 7) is 4.37. The second-order valence-electron chi connectivity index (χ2n) is 6.81. The number of halogens is 1. The van der Waals surface area contributed by atoms with Crippen LogP contribution in [-0.2, 0) is 13.1 Å². The molecule has 3 heterocycles. The van der Waals surface area contributed by atoms with Gasteiger partial charge in [-0.25, -0.2) is 4.98 Å². The highest BCUT2D eigenvalue weighted by atomic mass is 35.5. The van der Waals surface area contributed by atoms with Crippen LogP contribution in [0.4, 0.5) is 0 Å². The van der Waals surface area contributed by atoms with Crippen molar-refractivity contribution in [1.82, 2.24) is 19.2 Å². The number of fused-ring (bicyclic) bond motifs is 1. The van der Waals surface area contributed by atoms with Gasteiger partial charge in [-0.3, -0.25) is 9.69 Å². The third-order valence-corrected chi connectivity index (χ3v) is 5.17. The van der Waals surface area contributed by atoms with Gasteiger partial charge in [-0.1, -0.05) is 23.7 Å². The maximum atomic E-state index is 12.7. The summed E-state index contributed by atoms with van der Waals surface area (Å²) in [5.74, 6) is 0.0839. The van der Waals surface area contributed by atoms with Crippen molar-refractivity contribution in [2.24, 2.45) is 5.73 Å². The lowest BCUT2D eigenvalue weighted by Crippen LogP contribution is -2.48. The van der Waals surface area contributed by atoms with Gasteiger partial charge < -0.3 is 15.0 Å². The maximum absolute atomic E-state index is 12.7. The fraction of sp³-hybridized carbons (Fsp3) is 0.300. The Morgan fingerprint density at radius 2 is 1.78 bits per heavy atom. The molecule has 140 valence electrons. The van der Waals surface area contributed by atoms with Crippen molar-refractivity contribution >= 4 is 23.2 Å². The van der Waals surface area contributed by atoms with E-state index in [4.69, 9.17) is 17.3 Å². The summed E-state index contributed by atoms with van der Waals surface area (Å²) in [7, 11) is 0. The largest absolute Gasteiger partial charge is 0.336 e. The third kappa shape index (κ3) is 3.98. The van der Waals surface area contributed by atoms with Crippen LogP contribution in [0.2, 0.25) is 5.02 Å². The Kier molecular flexibility index (Phi) is 5.11. The Bertz CT molecular complexity index is 945. The Labute approximate surface area is 163 Å². The number of rotatable bonds is 4. The molecule has 7 heteroatoms. The Morgan fingerprint density at radius 1 is 1.04 bits per heavy atom.